The summed E-state index contributed by atoms with van der Waals surface area (Å²) in [6.45, 7) is 5.63. The van der Waals surface area contributed by atoms with E-state index in [4.69, 9.17) is 11.6 Å². The van der Waals surface area contributed by atoms with Gasteiger partial charge in [0.1, 0.15) is 0 Å². The van der Waals surface area contributed by atoms with Crippen molar-refractivity contribution in [1.29, 1.82) is 0 Å². The standard InChI is InChI=1S/C11H14ClNO/c1-7(2)11(14)13-9-4-5-10(12)8(3)6-9/h4-7H,1-3H3,(H,13,14). The maximum absolute atomic E-state index is 11.4. The molecule has 0 aliphatic rings. The first-order chi connectivity index (χ1) is 6.50. The second kappa shape index (κ2) is 4.47. The first-order valence-electron chi connectivity index (χ1n) is 4.57. The minimum absolute atomic E-state index is 0.00835. The Kier molecular flexibility index (Phi) is 3.53. The monoisotopic (exact) mass is 211 g/mol. The van der Waals surface area contributed by atoms with E-state index in [0.29, 0.717) is 5.02 Å². The largest absolute Gasteiger partial charge is 0.326 e. The third kappa shape index (κ3) is 2.74. The molecule has 0 fully saturated rings. The Hall–Kier alpha value is -1.02. The minimum atomic E-state index is -0.00835. The van der Waals surface area contributed by atoms with Crippen molar-refractivity contribution in [2.75, 3.05) is 5.32 Å². The highest BCUT2D eigenvalue weighted by Gasteiger charge is 2.07. The van der Waals surface area contributed by atoms with Crippen LogP contribution in [0.1, 0.15) is 19.4 Å². The van der Waals surface area contributed by atoms with E-state index in [1.165, 1.54) is 0 Å². The van der Waals surface area contributed by atoms with E-state index >= 15 is 0 Å². The van der Waals surface area contributed by atoms with Crippen LogP contribution in [0.5, 0.6) is 0 Å². The van der Waals surface area contributed by atoms with Crippen molar-refractivity contribution in [1.82, 2.24) is 0 Å². The van der Waals surface area contributed by atoms with Crippen molar-refractivity contribution >= 4 is 23.2 Å². The molecular formula is C11H14ClNO. The van der Waals surface area contributed by atoms with Crippen molar-refractivity contribution in [3.63, 3.8) is 0 Å². The molecule has 0 bridgehead atoms. The lowest BCUT2D eigenvalue weighted by atomic mass is 10.2. The number of hydrogen-bond acceptors (Lipinski definition) is 1. The van der Waals surface area contributed by atoms with E-state index < -0.39 is 0 Å². The van der Waals surface area contributed by atoms with E-state index in [9.17, 15) is 4.79 Å². The number of benzene rings is 1. The average molecular weight is 212 g/mol. The molecule has 2 nitrogen and oxygen atoms in total. The third-order valence-electron chi connectivity index (χ3n) is 1.95. The van der Waals surface area contributed by atoms with Gasteiger partial charge in [0, 0.05) is 16.6 Å². The van der Waals surface area contributed by atoms with Crippen LogP contribution in [0.2, 0.25) is 5.02 Å². The number of nitrogens with one attached hydrogen (secondary N) is 1. The van der Waals surface area contributed by atoms with E-state index in [1.807, 2.05) is 26.8 Å². The molecule has 1 N–H and O–H groups in total. The number of hydrogen-bond donors (Lipinski definition) is 1. The summed E-state index contributed by atoms with van der Waals surface area (Å²) in [6, 6.07) is 5.45. The molecule has 0 radical (unpaired) electrons. The molecule has 1 aromatic rings. The van der Waals surface area contributed by atoms with Crippen LogP contribution >= 0.6 is 11.6 Å². The lowest BCUT2D eigenvalue weighted by Gasteiger charge is -2.08. The molecule has 0 saturated carbocycles. The molecule has 0 unspecified atom stereocenters. The Morgan fingerprint density at radius 3 is 2.57 bits per heavy atom. The quantitative estimate of drug-likeness (QED) is 0.800. The van der Waals surface area contributed by atoms with Crippen LogP contribution in [0.25, 0.3) is 0 Å². The van der Waals surface area contributed by atoms with Gasteiger partial charge in [0.25, 0.3) is 0 Å². The molecule has 0 saturated heterocycles. The number of carbonyl (C=O) groups is 1. The molecule has 76 valence electrons. The summed E-state index contributed by atoms with van der Waals surface area (Å²) in [7, 11) is 0. The van der Waals surface area contributed by atoms with Crippen molar-refractivity contribution < 1.29 is 4.79 Å². The molecule has 1 rings (SSSR count). The average Bonchev–Trinajstić information content (AvgIpc) is 2.11. The van der Waals surface area contributed by atoms with Gasteiger partial charge in [0.15, 0.2) is 0 Å². The van der Waals surface area contributed by atoms with E-state index in [-0.39, 0.29) is 11.8 Å². The fourth-order valence-corrected chi connectivity index (χ4v) is 1.13. The first kappa shape index (κ1) is 11.1. The van der Waals surface area contributed by atoms with Gasteiger partial charge >= 0.3 is 0 Å². The van der Waals surface area contributed by atoms with Crippen LogP contribution in [-0.4, -0.2) is 5.91 Å². The summed E-state index contributed by atoms with van der Waals surface area (Å²) in [5, 5.41) is 3.53. The van der Waals surface area contributed by atoms with Crippen LogP contribution < -0.4 is 5.32 Å². The highest BCUT2D eigenvalue weighted by molar-refractivity contribution is 6.31. The maximum atomic E-state index is 11.4. The lowest BCUT2D eigenvalue weighted by Crippen LogP contribution is -2.17. The Morgan fingerprint density at radius 2 is 2.07 bits per heavy atom. The van der Waals surface area contributed by atoms with Gasteiger partial charge in [-0.25, -0.2) is 0 Å². The fraction of sp³-hybridized carbons (Fsp3) is 0.364. The summed E-state index contributed by atoms with van der Waals surface area (Å²) in [5.74, 6) is 0.0118. The molecular weight excluding hydrogens is 198 g/mol. The highest BCUT2D eigenvalue weighted by Crippen LogP contribution is 2.19. The number of carbonyl (C=O) groups excluding carboxylic acids is 1. The minimum Gasteiger partial charge on any atom is -0.326 e. The van der Waals surface area contributed by atoms with Gasteiger partial charge in [-0.2, -0.15) is 0 Å². The Morgan fingerprint density at radius 1 is 1.43 bits per heavy atom. The van der Waals surface area contributed by atoms with Gasteiger partial charge in [0.05, 0.1) is 0 Å². The Balaban J connectivity index is 2.78. The summed E-state index contributed by atoms with van der Waals surface area (Å²) < 4.78 is 0. The number of halogens is 1. The molecule has 0 spiro atoms. The van der Waals surface area contributed by atoms with Crippen LogP contribution in [0, 0.1) is 12.8 Å². The molecule has 1 amide bonds. The van der Waals surface area contributed by atoms with Crippen molar-refractivity contribution in [3.8, 4) is 0 Å². The SMILES string of the molecule is Cc1cc(NC(=O)C(C)C)ccc1Cl. The van der Waals surface area contributed by atoms with Gasteiger partial charge in [-0.3, -0.25) is 4.79 Å². The predicted octanol–water partition coefficient (Wildman–Crippen LogP) is 3.24. The zero-order valence-electron chi connectivity index (χ0n) is 8.60. The smallest absolute Gasteiger partial charge is 0.226 e. The van der Waals surface area contributed by atoms with E-state index in [0.717, 1.165) is 11.3 Å². The number of anilines is 1. The lowest BCUT2D eigenvalue weighted by molar-refractivity contribution is -0.118. The molecule has 3 heteroatoms. The Bertz CT molecular complexity index is 347. The molecule has 0 aliphatic carbocycles. The van der Waals surface area contributed by atoms with Gasteiger partial charge in [-0.05, 0) is 30.7 Å². The van der Waals surface area contributed by atoms with Crippen molar-refractivity contribution in [2.45, 2.75) is 20.8 Å². The van der Waals surface area contributed by atoms with Gasteiger partial charge in [-0.15, -0.1) is 0 Å². The van der Waals surface area contributed by atoms with Crippen LogP contribution in [0.15, 0.2) is 18.2 Å². The summed E-state index contributed by atoms with van der Waals surface area (Å²) in [6.07, 6.45) is 0. The normalized spacial score (nSPS) is 10.4. The third-order valence-corrected chi connectivity index (χ3v) is 2.37. The Labute approximate surface area is 89.3 Å². The molecule has 0 heterocycles. The molecule has 0 aromatic heterocycles. The summed E-state index contributed by atoms with van der Waals surface area (Å²) >= 11 is 5.87. The van der Waals surface area contributed by atoms with Gasteiger partial charge in [0.2, 0.25) is 5.91 Å². The first-order valence-corrected chi connectivity index (χ1v) is 4.95. The fourth-order valence-electron chi connectivity index (χ4n) is 1.01. The van der Waals surface area contributed by atoms with Crippen LogP contribution in [0.3, 0.4) is 0 Å². The highest BCUT2D eigenvalue weighted by atomic mass is 35.5. The summed E-state index contributed by atoms with van der Waals surface area (Å²) in [5.41, 5.74) is 1.76. The zero-order valence-corrected chi connectivity index (χ0v) is 9.35. The summed E-state index contributed by atoms with van der Waals surface area (Å²) in [4.78, 5) is 11.4. The maximum Gasteiger partial charge on any atom is 0.226 e. The van der Waals surface area contributed by atoms with E-state index in [2.05, 4.69) is 5.32 Å². The van der Waals surface area contributed by atoms with E-state index in [1.54, 1.807) is 12.1 Å². The zero-order chi connectivity index (χ0) is 10.7. The van der Waals surface area contributed by atoms with Crippen molar-refractivity contribution in [2.24, 2.45) is 5.92 Å². The topological polar surface area (TPSA) is 29.1 Å². The second-order valence-corrected chi connectivity index (χ2v) is 4.02. The van der Waals surface area contributed by atoms with Gasteiger partial charge in [-0.1, -0.05) is 25.4 Å². The van der Waals surface area contributed by atoms with Gasteiger partial charge < -0.3 is 5.32 Å². The predicted molar refractivity (Wildman–Crippen MR) is 59.7 cm³/mol. The number of amides is 1. The van der Waals surface area contributed by atoms with Crippen LogP contribution in [0.4, 0.5) is 5.69 Å². The molecule has 0 atom stereocenters. The second-order valence-electron chi connectivity index (χ2n) is 3.61. The van der Waals surface area contributed by atoms with Crippen molar-refractivity contribution in [3.05, 3.63) is 28.8 Å². The number of aryl methyl sites for hydroxylation is 1. The molecule has 1 aromatic carbocycles. The molecule has 0 aliphatic heterocycles. The van der Waals surface area contributed by atoms with Crippen LogP contribution in [-0.2, 0) is 4.79 Å². The molecule has 14 heavy (non-hydrogen) atoms. The number of rotatable bonds is 2.